The van der Waals surface area contributed by atoms with Crippen LogP contribution in [0.1, 0.15) is 24.2 Å². The van der Waals surface area contributed by atoms with Crippen LogP contribution in [0.5, 0.6) is 17.4 Å². The number of imide groups is 1. The van der Waals surface area contributed by atoms with Crippen molar-refractivity contribution in [1.29, 1.82) is 0 Å². The molecule has 0 saturated carbocycles. The SMILES string of the molecule is CCOc1ncccc1C(=O)OC(C)C(=O)NC(=O)Nc1ccc2c(c1)OCCO2. The lowest BCUT2D eigenvalue weighted by molar-refractivity contribution is -0.127. The van der Waals surface area contributed by atoms with Crippen molar-refractivity contribution in [2.75, 3.05) is 25.1 Å². The van der Waals surface area contributed by atoms with Gasteiger partial charge in [0.2, 0.25) is 5.88 Å². The van der Waals surface area contributed by atoms with E-state index in [0.29, 0.717) is 37.0 Å². The van der Waals surface area contributed by atoms with E-state index in [9.17, 15) is 14.4 Å². The predicted octanol–water partition coefficient (Wildman–Crippen LogP) is 2.15. The number of ether oxygens (including phenoxy) is 4. The van der Waals surface area contributed by atoms with Crippen molar-refractivity contribution in [1.82, 2.24) is 10.3 Å². The normalized spacial score (nSPS) is 13.0. The minimum absolute atomic E-state index is 0.0831. The molecule has 10 heteroatoms. The number of fused-ring (bicyclic) bond motifs is 1. The fourth-order valence-electron chi connectivity index (χ4n) is 2.57. The maximum atomic E-state index is 12.3. The molecule has 1 aromatic carbocycles. The molecule has 10 nitrogen and oxygen atoms in total. The zero-order valence-corrected chi connectivity index (χ0v) is 16.5. The number of carbonyl (C=O) groups excluding carboxylic acids is 3. The number of rotatable bonds is 6. The van der Waals surface area contributed by atoms with E-state index in [1.165, 1.54) is 19.2 Å². The molecule has 3 amide bonds. The Bertz CT molecular complexity index is 948. The highest BCUT2D eigenvalue weighted by atomic mass is 16.6. The van der Waals surface area contributed by atoms with Crippen molar-refractivity contribution in [3.8, 4) is 17.4 Å². The number of pyridine rings is 1. The minimum Gasteiger partial charge on any atom is -0.486 e. The maximum absolute atomic E-state index is 12.3. The van der Waals surface area contributed by atoms with E-state index in [0.717, 1.165) is 0 Å². The summed E-state index contributed by atoms with van der Waals surface area (Å²) in [4.78, 5) is 40.6. The second kappa shape index (κ2) is 9.59. The average molecular weight is 415 g/mol. The van der Waals surface area contributed by atoms with E-state index >= 15 is 0 Å². The van der Waals surface area contributed by atoms with Crippen LogP contribution in [-0.2, 0) is 9.53 Å². The van der Waals surface area contributed by atoms with Crippen molar-refractivity contribution >= 4 is 23.6 Å². The van der Waals surface area contributed by atoms with Crippen LogP contribution in [0, 0.1) is 0 Å². The molecule has 30 heavy (non-hydrogen) atoms. The van der Waals surface area contributed by atoms with Gasteiger partial charge in [-0.3, -0.25) is 10.1 Å². The smallest absolute Gasteiger partial charge is 0.344 e. The number of anilines is 1. The summed E-state index contributed by atoms with van der Waals surface area (Å²) in [6.45, 7) is 4.28. The molecule has 1 aliphatic heterocycles. The number of nitrogens with one attached hydrogen (secondary N) is 2. The monoisotopic (exact) mass is 415 g/mol. The van der Waals surface area contributed by atoms with Gasteiger partial charge in [0.25, 0.3) is 5.91 Å². The first-order chi connectivity index (χ1) is 14.5. The highest BCUT2D eigenvalue weighted by Crippen LogP contribution is 2.32. The molecule has 1 atom stereocenters. The summed E-state index contributed by atoms with van der Waals surface area (Å²) in [5.41, 5.74) is 0.491. The molecule has 2 N–H and O–H groups in total. The highest BCUT2D eigenvalue weighted by Gasteiger charge is 2.23. The van der Waals surface area contributed by atoms with Crippen LogP contribution >= 0.6 is 0 Å². The molecule has 0 bridgehead atoms. The number of hydrogen-bond acceptors (Lipinski definition) is 8. The molecule has 3 rings (SSSR count). The van der Waals surface area contributed by atoms with Gasteiger partial charge < -0.3 is 24.3 Å². The van der Waals surface area contributed by atoms with Crippen LogP contribution in [0.25, 0.3) is 0 Å². The third kappa shape index (κ3) is 5.16. The third-order valence-electron chi connectivity index (χ3n) is 3.96. The first-order valence-corrected chi connectivity index (χ1v) is 9.28. The first-order valence-electron chi connectivity index (χ1n) is 9.28. The molecule has 0 aliphatic carbocycles. The number of esters is 1. The Morgan fingerprint density at radius 1 is 1.17 bits per heavy atom. The topological polar surface area (TPSA) is 125 Å². The number of benzene rings is 1. The molecular weight excluding hydrogens is 394 g/mol. The molecule has 0 spiro atoms. The van der Waals surface area contributed by atoms with Crippen molar-refractivity contribution < 1.29 is 33.3 Å². The maximum Gasteiger partial charge on any atom is 0.344 e. The Morgan fingerprint density at radius 3 is 2.70 bits per heavy atom. The van der Waals surface area contributed by atoms with Crippen LogP contribution in [0.15, 0.2) is 36.5 Å². The summed E-state index contributed by atoms with van der Waals surface area (Å²) in [5, 5.41) is 4.63. The van der Waals surface area contributed by atoms with Crippen LogP contribution in [0.2, 0.25) is 0 Å². The molecule has 0 saturated heterocycles. The van der Waals surface area contributed by atoms with Crippen molar-refractivity contribution in [3.05, 3.63) is 42.1 Å². The summed E-state index contributed by atoms with van der Waals surface area (Å²) in [6, 6.07) is 7.08. The van der Waals surface area contributed by atoms with E-state index in [4.69, 9.17) is 18.9 Å². The third-order valence-corrected chi connectivity index (χ3v) is 3.96. The molecular formula is C20H21N3O7. The summed E-state index contributed by atoms with van der Waals surface area (Å²) in [5.74, 6) is -0.407. The van der Waals surface area contributed by atoms with Crippen molar-refractivity contribution in [2.24, 2.45) is 0 Å². The molecule has 1 aliphatic rings. The van der Waals surface area contributed by atoms with Gasteiger partial charge in [-0.05, 0) is 38.1 Å². The Kier molecular flexibility index (Phi) is 6.68. The largest absolute Gasteiger partial charge is 0.486 e. The van der Waals surface area contributed by atoms with Crippen LogP contribution in [0.3, 0.4) is 0 Å². The number of carbonyl (C=O) groups is 3. The van der Waals surface area contributed by atoms with E-state index in [-0.39, 0.29) is 11.4 Å². The van der Waals surface area contributed by atoms with Gasteiger partial charge in [-0.25, -0.2) is 14.6 Å². The molecule has 158 valence electrons. The number of nitrogens with zero attached hydrogens (tertiary/aromatic N) is 1. The molecule has 2 aromatic rings. The fourth-order valence-corrected chi connectivity index (χ4v) is 2.57. The Labute approximate surface area is 172 Å². The Hall–Kier alpha value is -3.82. The highest BCUT2D eigenvalue weighted by molar-refractivity contribution is 6.03. The van der Waals surface area contributed by atoms with Gasteiger partial charge in [0, 0.05) is 18.0 Å². The quantitative estimate of drug-likeness (QED) is 0.688. The lowest BCUT2D eigenvalue weighted by Gasteiger charge is -2.19. The van der Waals surface area contributed by atoms with E-state index in [2.05, 4.69) is 15.6 Å². The summed E-state index contributed by atoms with van der Waals surface area (Å²) < 4.78 is 21.2. The number of amides is 3. The summed E-state index contributed by atoms with van der Waals surface area (Å²) in [7, 11) is 0. The molecule has 0 fully saturated rings. The van der Waals surface area contributed by atoms with Gasteiger partial charge in [-0.2, -0.15) is 0 Å². The second-order valence-electron chi connectivity index (χ2n) is 6.14. The molecule has 2 heterocycles. The predicted molar refractivity (Wildman–Crippen MR) is 105 cm³/mol. The van der Waals surface area contributed by atoms with Gasteiger partial charge in [0.05, 0.1) is 6.61 Å². The van der Waals surface area contributed by atoms with Crippen LogP contribution < -0.4 is 24.8 Å². The Balaban J connectivity index is 1.55. The zero-order chi connectivity index (χ0) is 21.5. The van der Waals surface area contributed by atoms with Gasteiger partial charge in [0.1, 0.15) is 18.8 Å². The number of urea groups is 1. The van der Waals surface area contributed by atoms with Crippen molar-refractivity contribution in [2.45, 2.75) is 20.0 Å². The van der Waals surface area contributed by atoms with Crippen LogP contribution in [0.4, 0.5) is 10.5 Å². The van der Waals surface area contributed by atoms with Gasteiger partial charge in [-0.15, -0.1) is 0 Å². The lowest BCUT2D eigenvalue weighted by Crippen LogP contribution is -2.41. The second-order valence-corrected chi connectivity index (χ2v) is 6.14. The first kappa shape index (κ1) is 20.9. The number of hydrogen-bond donors (Lipinski definition) is 2. The molecule has 0 radical (unpaired) electrons. The van der Waals surface area contributed by atoms with Crippen molar-refractivity contribution in [3.63, 3.8) is 0 Å². The van der Waals surface area contributed by atoms with E-state index in [1.807, 2.05) is 0 Å². The minimum atomic E-state index is -1.22. The summed E-state index contributed by atoms with van der Waals surface area (Å²) in [6.07, 6.45) is 0.248. The molecule has 1 unspecified atom stereocenters. The van der Waals surface area contributed by atoms with Gasteiger partial charge in [0.15, 0.2) is 17.6 Å². The van der Waals surface area contributed by atoms with Gasteiger partial charge >= 0.3 is 12.0 Å². The zero-order valence-electron chi connectivity index (χ0n) is 16.5. The summed E-state index contributed by atoms with van der Waals surface area (Å²) >= 11 is 0. The van der Waals surface area contributed by atoms with Crippen LogP contribution in [-0.4, -0.2) is 48.8 Å². The van der Waals surface area contributed by atoms with Gasteiger partial charge in [-0.1, -0.05) is 0 Å². The fraction of sp³-hybridized carbons (Fsp3) is 0.300. The molecule has 1 aromatic heterocycles. The van der Waals surface area contributed by atoms with E-state index < -0.39 is 24.0 Å². The van der Waals surface area contributed by atoms with E-state index in [1.54, 1.807) is 31.2 Å². The average Bonchev–Trinajstić information content (AvgIpc) is 2.74. The standard InChI is InChI=1S/C20H21N3O7/c1-3-27-18-14(5-4-8-21-18)19(25)30-12(2)17(24)23-20(26)22-13-6-7-15-16(11-13)29-10-9-28-15/h4-8,11-12H,3,9-10H2,1-2H3,(H2,22,23,24,26). The number of aromatic nitrogens is 1. The Morgan fingerprint density at radius 2 is 1.93 bits per heavy atom. The lowest BCUT2D eigenvalue weighted by atomic mass is 10.2.